The van der Waals surface area contributed by atoms with Gasteiger partial charge >= 0.3 is 6.03 Å². The average Bonchev–Trinajstić information content (AvgIpc) is 2.88. The highest BCUT2D eigenvalue weighted by Crippen LogP contribution is 2.02. The van der Waals surface area contributed by atoms with Crippen molar-refractivity contribution in [3.05, 3.63) is 18.7 Å². The van der Waals surface area contributed by atoms with Gasteiger partial charge < -0.3 is 15.2 Å². The summed E-state index contributed by atoms with van der Waals surface area (Å²) in [7, 11) is 0. The Labute approximate surface area is 115 Å². The topological polar surface area (TPSA) is 59.0 Å². The van der Waals surface area contributed by atoms with Gasteiger partial charge in [0.05, 0.1) is 6.33 Å². The summed E-state index contributed by atoms with van der Waals surface area (Å²) < 4.78 is 2.01. The molecule has 108 valence electrons. The Morgan fingerprint density at radius 3 is 2.89 bits per heavy atom. The van der Waals surface area contributed by atoms with Crippen LogP contribution >= 0.6 is 0 Å². The summed E-state index contributed by atoms with van der Waals surface area (Å²) in [5.74, 6) is 0. The molecule has 0 bridgehead atoms. The number of unbranched alkanes of at least 4 members (excludes halogenated alkanes) is 2. The van der Waals surface area contributed by atoms with Gasteiger partial charge in [0.15, 0.2) is 0 Å². The molecule has 5 heteroatoms. The van der Waals surface area contributed by atoms with Crippen LogP contribution < -0.4 is 10.6 Å². The van der Waals surface area contributed by atoms with Crippen molar-refractivity contribution in [3.8, 4) is 0 Å². The number of hydrogen-bond donors (Lipinski definition) is 2. The second kappa shape index (κ2) is 9.42. The molecule has 0 saturated carbocycles. The Balaban J connectivity index is 2.01. The van der Waals surface area contributed by atoms with Gasteiger partial charge in [-0.3, -0.25) is 0 Å². The molecule has 1 atom stereocenters. The minimum absolute atomic E-state index is 0.0605. The van der Waals surface area contributed by atoms with Crippen molar-refractivity contribution >= 4 is 6.03 Å². The smallest absolute Gasteiger partial charge is 0.314 e. The lowest BCUT2D eigenvalue weighted by Crippen LogP contribution is -2.41. The number of amides is 2. The van der Waals surface area contributed by atoms with Crippen molar-refractivity contribution in [1.29, 1.82) is 0 Å². The van der Waals surface area contributed by atoms with E-state index in [9.17, 15) is 4.79 Å². The normalized spacial score (nSPS) is 12.1. The van der Waals surface area contributed by atoms with E-state index in [1.165, 1.54) is 19.3 Å². The molecule has 0 fully saturated rings. The Hall–Kier alpha value is -1.52. The highest BCUT2D eigenvalue weighted by molar-refractivity contribution is 5.74. The standard InChI is InChI=1S/C14H26N4O/c1-3-4-5-7-13(2)17-14(19)16-8-6-10-18-11-9-15-12-18/h9,11-13H,3-8,10H2,1-2H3,(H2,16,17,19)/t13-/m0/s1. The molecular weight excluding hydrogens is 240 g/mol. The molecule has 2 N–H and O–H groups in total. The molecule has 0 aromatic carbocycles. The second-order valence-corrected chi connectivity index (χ2v) is 4.95. The van der Waals surface area contributed by atoms with Crippen LogP contribution in [0.15, 0.2) is 18.7 Å². The summed E-state index contributed by atoms with van der Waals surface area (Å²) in [6, 6.07) is 0.190. The van der Waals surface area contributed by atoms with Crippen molar-refractivity contribution in [1.82, 2.24) is 20.2 Å². The van der Waals surface area contributed by atoms with Crippen LogP contribution in [0.4, 0.5) is 4.79 Å². The molecule has 19 heavy (non-hydrogen) atoms. The highest BCUT2D eigenvalue weighted by atomic mass is 16.2. The van der Waals surface area contributed by atoms with Gasteiger partial charge in [-0.05, 0) is 19.8 Å². The van der Waals surface area contributed by atoms with Crippen molar-refractivity contribution < 1.29 is 4.79 Å². The number of carbonyl (C=O) groups excluding carboxylic acids is 1. The first-order valence-corrected chi connectivity index (χ1v) is 7.22. The van der Waals surface area contributed by atoms with Crippen LogP contribution in [0.3, 0.4) is 0 Å². The number of hydrogen-bond acceptors (Lipinski definition) is 2. The molecule has 5 nitrogen and oxygen atoms in total. The van der Waals surface area contributed by atoms with Gasteiger partial charge in [-0.25, -0.2) is 9.78 Å². The maximum atomic E-state index is 11.6. The van der Waals surface area contributed by atoms with E-state index in [4.69, 9.17) is 0 Å². The Kier molecular flexibility index (Phi) is 7.70. The molecule has 0 aliphatic rings. The second-order valence-electron chi connectivity index (χ2n) is 4.95. The van der Waals surface area contributed by atoms with Crippen LogP contribution in [0, 0.1) is 0 Å². The van der Waals surface area contributed by atoms with Gasteiger partial charge in [-0.2, -0.15) is 0 Å². The number of aromatic nitrogens is 2. The van der Waals surface area contributed by atoms with Crippen LogP contribution in [0.5, 0.6) is 0 Å². The van der Waals surface area contributed by atoms with E-state index in [-0.39, 0.29) is 12.1 Å². The number of nitrogens with one attached hydrogen (secondary N) is 2. The molecule has 0 spiro atoms. The third kappa shape index (κ3) is 7.49. The quantitative estimate of drug-likeness (QED) is 0.675. The summed E-state index contributed by atoms with van der Waals surface area (Å²) in [5, 5.41) is 5.85. The minimum atomic E-state index is -0.0605. The first-order valence-electron chi connectivity index (χ1n) is 7.22. The van der Waals surface area contributed by atoms with E-state index < -0.39 is 0 Å². The Morgan fingerprint density at radius 2 is 2.21 bits per heavy atom. The molecule has 0 unspecified atom stereocenters. The van der Waals surface area contributed by atoms with Crippen LogP contribution in [-0.4, -0.2) is 28.2 Å². The Morgan fingerprint density at radius 1 is 1.37 bits per heavy atom. The molecule has 1 rings (SSSR count). The Bertz CT molecular complexity index is 337. The van der Waals surface area contributed by atoms with Crippen LogP contribution in [0.1, 0.15) is 46.0 Å². The zero-order valence-corrected chi connectivity index (χ0v) is 12.1. The number of nitrogens with zero attached hydrogens (tertiary/aromatic N) is 2. The van der Waals surface area contributed by atoms with E-state index in [1.54, 1.807) is 12.5 Å². The molecule has 1 aromatic heterocycles. The molecule has 1 heterocycles. The highest BCUT2D eigenvalue weighted by Gasteiger charge is 2.05. The monoisotopic (exact) mass is 266 g/mol. The van der Waals surface area contributed by atoms with Gasteiger partial charge in [-0.1, -0.05) is 26.2 Å². The lowest BCUT2D eigenvalue weighted by Gasteiger charge is -2.14. The van der Waals surface area contributed by atoms with Gasteiger partial charge in [0.1, 0.15) is 0 Å². The van der Waals surface area contributed by atoms with E-state index in [2.05, 4.69) is 29.5 Å². The van der Waals surface area contributed by atoms with Gasteiger partial charge in [0.2, 0.25) is 0 Å². The predicted molar refractivity (Wildman–Crippen MR) is 77.0 cm³/mol. The van der Waals surface area contributed by atoms with Gasteiger partial charge in [0.25, 0.3) is 0 Å². The number of urea groups is 1. The van der Waals surface area contributed by atoms with Crippen molar-refractivity contribution in [2.24, 2.45) is 0 Å². The van der Waals surface area contributed by atoms with Gasteiger partial charge in [-0.15, -0.1) is 0 Å². The maximum Gasteiger partial charge on any atom is 0.314 e. The molecule has 0 radical (unpaired) electrons. The molecular formula is C14H26N4O. The van der Waals surface area contributed by atoms with Crippen molar-refractivity contribution in [3.63, 3.8) is 0 Å². The summed E-state index contributed by atoms with van der Waals surface area (Å²) in [6.07, 6.45) is 11.1. The zero-order chi connectivity index (χ0) is 13.9. The van der Waals surface area contributed by atoms with E-state index in [0.717, 1.165) is 19.4 Å². The fourth-order valence-electron chi connectivity index (χ4n) is 1.93. The fraction of sp³-hybridized carbons (Fsp3) is 0.714. The van der Waals surface area contributed by atoms with Crippen molar-refractivity contribution in [2.75, 3.05) is 6.54 Å². The third-order valence-electron chi connectivity index (χ3n) is 3.06. The summed E-state index contributed by atoms with van der Waals surface area (Å²) in [4.78, 5) is 15.6. The number of imidazole rings is 1. The largest absolute Gasteiger partial charge is 0.338 e. The van der Waals surface area contributed by atoms with E-state index in [1.807, 2.05) is 10.8 Å². The summed E-state index contributed by atoms with van der Waals surface area (Å²) in [5.41, 5.74) is 0. The van der Waals surface area contributed by atoms with Crippen molar-refractivity contribution in [2.45, 2.75) is 58.5 Å². The number of carbonyl (C=O) groups is 1. The molecule has 0 saturated heterocycles. The van der Waals surface area contributed by atoms with Crippen LogP contribution in [-0.2, 0) is 6.54 Å². The summed E-state index contributed by atoms with van der Waals surface area (Å²) >= 11 is 0. The molecule has 0 aliphatic carbocycles. The van der Waals surface area contributed by atoms with Crippen LogP contribution in [0.2, 0.25) is 0 Å². The lowest BCUT2D eigenvalue weighted by molar-refractivity contribution is 0.236. The molecule has 0 aliphatic heterocycles. The predicted octanol–water partition coefficient (Wildman–Crippen LogP) is 2.54. The zero-order valence-electron chi connectivity index (χ0n) is 12.1. The first kappa shape index (κ1) is 15.5. The maximum absolute atomic E-state index is 11.6. The first-order chi connectivity index (χ1) is 9.22. The van der Waals surface area contributed by atoms with Gasteiger partial charge in [0, 0.05) is 31.5 Å². The summed E-state index contributed by atoms with van der Waals surface area (Å²) in [6.45, 7) is 5.81. The lowest BCUT2D eigenvalue weighted by atomic mass is 10.1. The number of rotatable bonds is 9. The minimum Gasteiger partial charge on any atom is -0.338 e. The molecule has 1 aromatic rings. The molecule has 2 amide bonds. The fourth-order valence-corrected chi connectivity index (χ4v) is 1.93. The third-order valence-corrected chi connectivity index (χ3v) is 3.06. The number of aryl methyl sites for hydroxylation is 1. The SMILES string of the molecule is CCCCC[C@H](C)NC(=O)NCCCn1ccnc1. The van der Waals surface area contributed by atoms with E-state index in [0.29, 0.717) is 6.54 Å². The average molecular weight is 266 g/mol. The van der Waals surface area contributed by atoms with Crippen LogP contribution in [0.25, 0.3) is 0 Å². The van der Waals surface area contributed by atoms with E-state index >= 15 is 0 Å².